The topological polar surface area (TPSA) is 218 Å². The summed E-state index contributed by atoms with van der Waals surface area (Å²) < 4.78 is 11.5. The Morgan fingerprint density at radius 2 is 1.31 bits per heavy atom. The molecule has 0 saturated heterocycles. The number of phenols is 8. The van der Waals surface area contributed by atoms with Gasteiger partial charge in [0.25, 0.3) is 0 Å². The summed E-state index contributed by atoms with van der Waals surface area (Å²) in [5, 5.41) is 83.8. The number of hydrogen-bond donors (Lipinski definition) is 8. The van der Waals surface area contributed by atoms with E-state index in [-0.39, 0.29) is 57.1 Å². The molecule has 12 heteroatoms. The maximum absolute atomic E-state index is 13.3. The molecule has 0 aliphatic carbocycles. The molecule has 1 aliphatic rings. The molecule has 1 unspecified atom stereocenters. The maximum Gasteiger partial charge on any atom is 0.197 e. The second-order valence-electron chi connectivity index (χ2n) is 9.64. The maximum atomic E-state index is 13.3. The zero-order valence-corrected chi connectivity index (χ0v) is 21.2. The smallest absolute Gasteiger partial charge is 0.197 e. The van der Waals surface area contributed by atoms with Gasteiger partial charge in [-0.25, -0.2) is 0 Å². The third kappa shape index (κ3) is 4.01. The number of phenolic OH excluding ortho intramolecular Hbond substituents is 8. The second-order valence-corrected chi connectivity index (χ2v) is 9.64. The highest BCUT2D eigenvalue weighted by Crippen LogP contribution is 2.54. The summed E-state index contributed by atoms with van der Waals surface area (Å²) in [5.41, 5.74) is -2.62. The minimum Gasteiger partial charge on any atom is -0.508 e. The minimum atomic E-state index is -1.08. The molecule has 212 valence electrons. The summed E-state index contributed by atoms with van der Waals surface area (Å²) in [7, 11) is 0. The Kier molecular flexibility index (Phi) is 5.78. The van der Waals surface area contributed by atoms with Gasteiger partial charge in [0, 0.05) is 35.4 Å². The van der Waals surface area contributed by atoms with E-state index >= 15 is 0 Å². The lowest BCUT2D eigenvalue weighted by molar-refractivity contribution is 0.0842. The predicted octanol–water partition coefficient (Wildman–Crippen LogP) is 4.48. The molecule has 0 radical (unpaired) electrons. The van der Waals surface area contributed by atoms with Crippen LogP contribution in [0.4, 0.5) is 0 Å². The monoisotopic (exact) mass is 572 g/mol. The zero-order chi connectivity index (χ0) is 30.0. The van der Waals surface area contributed by atoms with E-state index in [1.807, 2.05) is 0 Å². The number of fused-ring (bicyclic) bond motifs is 2. The van der Waals surface area contributed by atoms with Crippen molar-refractivity contribution in [2.45, 2.75) is 12.5 Å². The number of carbonyl (C=O) groups is 1. The van der Waals surface area contributed by atoms with Crippen LogP contribution in [-0.2, 0) is 0 Å². The molecule has 6 rings (SSSR count). The number of Topliss-reactive ketones (excluding diaryl/α,β-unsaturated/α-hetero) is 1. The number of hydrogen-bond acceptors (Lipinski definition) is 12. The summed E-state index contributed by atoms with van der Waals surface area (Å²) >= 11 is 0. The molecule has 0 amide bonds. The Labute approximate surface area is 234 Å². The van der Waals surface area contributed by atoms with E-state index in [9.17, 15) is 50.4 Å². The first kappa shape index (κ1) is 26.2. The summed E-state index contributed by atoms with van der Waals surface area (Å²) in [4.78, 5) is 26.1. The van der Waals surface area contributed by atoms with Gasteiger partial charge in [0.2, 0.25) is 0 Å². The number of ether oxygens (including phenoxy) is 1. The molecule has 2 heterocycles. The first-order valence-electron chi connectivity index (χ1n) is 12.3. The van der Waals surface area contributed by atoms with Gasteiger partial charge in [0.05, 0.1) is 17.5 Å². The molecule has 5 aromatic rings. The average Bonchev–Trinajstić information content (AvgIpc) is 2.90. The van der Waals surface area contributed by atoms with Crippen LogP contribution >= 0.6 is 0 Å². The van der Waals surface area contributed by atoms with Gasteiger partial charge in [-0.2, -0.15) is 0 Å². The minimum absolute atomic E-state index is 0.0911. The molecule has 1 atom stereocenters. The molecular weight excluding hydrogens is 552 g/mol. The molecule has 12 nitrogen and oxygen atoms in total. The van der Waals surface area contributed by atoms with Crippen LogP contribution in [0.1, 0.15) is 28.4 Å². The van der Waals surface area contributed by atoms with Crippen molar-refractivity contribution >= 4 is 16.8 Å². The fraction of sp³-hybridized carbons (Fsp3) is 0.0667. The van der Waals surface area contributed by atoms with E-state index in [0.717, 1.165) is 36.4 Å². The molecule has 1 aromatic heterocycles. The van der Waals surface area contributed by atoms with Crippen molar-refractivity contribution < 1.29 is 54.8 Å². The fourth-order valence-electron chi connectivity index (χ4n) is 5.14. The highest BCUT2D eigenvalue weighted by molar-refractivity contribution is 6.07. The third-order valence-electron chi connectivity index (χ3n) is 6.97. The van der Waals surface area contributed by atoms with Crippen LogP contribution in [0.2, 0.25) is 0 Å². The van der Waals surface area contributed by atoms with Crippen molar-refractivity contribution in [1.29, 1.82) is 0 Å². The number of benzene rings is 4. The highest BCUT2D eigenvalue weighted by atomic mass is 16.5. The van der Waals surface area contributed by atoms with Crippen molar-refractivity contribution in [2.75, 3.05) is 0 Å². The lowest BCUT2D eigenvalue weighted by atomic mass is 9.89. The van der Waals surface area contributed by atoms with Crippen LogP contribution in [0.5, 0.6) is 51.7 Å². The Morgan fingerprint density at radius 3 is 2.05 bits per heavy atom. The van der Waals surface area contributed by atoms with Crippen LogP contribution in [0.3, 0.4) is 0 Å². The van der Waals surface area contributed by atoms with Gasteiger partial charge >= 0.3 is 0 Å². The zero-order valence-electron chi connectivity index (χ0n) is 21.2. The van der Waals surface area contributed by atoms with Gasteiger partial charge in [-0.3, -0.25) is 9.59 Å². The standard InChI is InChI=1S/C30H20O12/c31-11-1-2-14(33)13(5-11)21-8-19(38)27-24(41-21)10-20(39)29(30(27)40)28-16(35)4-3-15(34)26(28)23-9-18(37)25-17(36)6-12(32)7-22(25)42-23/h1-7,9-10,21,31-36,39-40H,8H2. The van der Waals surface area contributed by atoms with Gasteiger partial charge in [-0.1, -0.05) is 0 Å². The van der Waals surface area contributed by atoms with Crippen molar-refractivity contribution in [1.82, 2.24) is 0 Å². The number of carbonyl (C=O) groups excluding carboxylic acids is 1. The molecular formula is C30H20O12. The predicted molar refractivity (Wildman–Crippen MR) is 145 cm³/mol. The first-order valence-corrected chi connectivity index (χ1v) is 12.3. The summed E-state index contributed by atoms with van der Waals surface area (Å²) in [6.07, 6.45) is -1.46. The Hall–Kier alpha value is -6.04. The van der Waals surface area contributed by atoms with E-state index < -0.39 is 62.9 Å². The summed E-state index contributed by atoms with van der Waals surface area (Å²) in [5.74, 6) is -5.44. The fourth-order valence-corrected chi connectivity index (χ4v) is 5.14. The molecule has 8 N–H and O–H groups in total. The van der Waals surface area contributed by atoms with Crippen molar-refractivity contribution in [3.05, 3.63) is 75.9 Å². The van der Waals surface area contributed by atoms with E-state index in [1.165, 1.54) is 18.2 Å². The quantitative estimate of drug-likeness (QED) is 0.140. The van der Waals surface area contributed by atoms with E-state index in [2.05, 4.69) is 0 Å². The van der Waals surface area contributed by atoms with Crippen LogP contribution in [0.25, 0.3) is 33.4 Å². The summed E-state index contributed by atoms with van der Waals surface area (Å²) in [6, 6.07) is 9.64. The van der Waals surface area contributed by atoms with Crippen molar-refractivity contribution in [2.24, 2.45) is 0 Å². The summed E-state index contributed by atoms with van der Waals surface area (Å²) in [6.45, 7) is 0. The third-order valence-corrected chi connectivity index (χ3v) is 6.97. The SMILES string of the molecule is O=C1CC(c2cc(O)ccc2O)Oc2cc(O)c(-c3c(O)ccc(O)c3-c3cc(=O)c4c(O)cc(O)cc4o3)c(O)c21. The number of rotatable bonds is 3. The van der Waals surface area contributed by atoms with E-state index in [0.29, 0.717) is 0 Å². The van der Waals surface area contributed by atoms with Gasteiger partial charge < -0.3 is 50.0 Å². The van der Waals surface area contributed by atoms with Gasteiger partial charge in [-0.15, -0.1) is 0 Å². The van der Waals surface area contributed by atoms with Gasteiger partial charge in [0.15, 0.2) is 11.2 Å². The van der Waals surface area contributed by atoms with E-state index in [1.54, 1.807) is 0 Å². The van der Waals surface area contributed by atoms with Crippen LogP contribution in [0.15, 0.2) is 63.8 Å². The average molecular weight is 572 g/mol. The van der Waals surface area contributed by atoms with Crippen molar-refractivity contribution in [3.63, 3.8) is 0 Å². The lowest BCUT2D eigenvalue weighted by Gasteiger charge is -2.28. The van der Waals surface area contributed by atoms with Crippen LogP contribution < -0.4 is 10.2 Å². The lowest BCUT2D eigenvalue weighted by Crippen LogP contribution is -2.21. The molecule has 0 saturated carbocycles. The molecule has 42 heavy (non-hydrogen) atoms. The van der Waals surface area contributed by atoms with Gasteiger partial charge in [-0.05, 0) is 30.3 Å². The van der Waals surface area contributed by atoms with Crippen LogP contribution in [-0.4, -0.2) is 46.6 Å². The molecule has 0 fully saturated rings. The molecule has 4 aromatic carbocycles. The van der Waals surface area contributed by atoms with E-state index in [4.69, 9.17) is 9.15 Å². The highest BCUT2D eigenvalue weighted by Gasteiger charge is 2.36. The van der Waals surface area contributed by atoms with Gasteiger partial charge in [0.1, 0.15) is 80.1 Å². The van der Waals surface area contributed by atoms with Crippen molar-refractivity contribution in [3.8, 4) is 74.2 Å². The molecule has 1 aliphatic heterocycles. The Morgan fingerprint density at radius 1 is 0.619 bits per heavy atom. The molecule has 0 bridgehead atoms. The Bertz CT molecular complexity index is 2020. The number of aromatic hydroxyl groups is 8. The van der Waals surface area contributed by atoms with Crippen LogP contribution in [0, 0.1) is 0 Å². The molecule has 0 spiro atoms. The number of ketones is 1. The largest absolute Gasteiger partial charge is 0.508 e. The Balaban J connectivity index is 1.56. The first-order chi connectivity index (χ1) is 19.9. The second kappa shape index (κ2) is 9.27. The normalized spacial score (nSPS) is 14.5.